The van der Waals surface area contributed by atoms with E-state index in [0.29, 0.717) is 19.3 Å². The first-order chi connectivity index (χ1) is 40.0. The zero-order valence-corrected chi connectivity index (χ0v) is 53.3. The minimum Gasteiger partial charge on any atom is -0.462 e. The maximum absolute atomic E-state index is 12.9. The number of rotatable bonds is 62. The number of unbranched alkanes of at least 4 members (excludes halogenated alkanes) is 33. The molecule has 0 aromatic carbocycles. The van der Waals surface area contributed by atoms with Gasteiger partial charge in [0.05, 0.1) is 0 Å². The smallest absolute Gasteiger partial charge is 0.306 e. The van der Waals surface area contributed by atoms with Crippen molar-refractivity contribution in [3.63, 3.8) is 0 Å². The van der Waals surface area contributed by atoms with Crippen molar-refractivity contribution in [1.29, 1.82) is 0 Å². The molecule has 0 fully saturated rings. The van der Waals surface area contributed by atoms with E-state index in [1.165, 1.54) is 161 Å². The number of carbonyl (C=O) groups excluding carboxylic acids is 3. The molecule has 0 aliphatic carbocycles. The summed E-state index contributed by atoms with van der Waals surface area (Å²) in [4.78, 5) is 38.5. The predicted octanol–water partition coefficient (Wildman–Crippen LogP) is 23.8. The molecule has 0 radical (unpaired) electrons. The zero-order valence-electron chi connectivity index (χ0n) is 53.3. The van der Waals surface area contributed by atoms with Crippen molar-refractivity contribution in [3.05, 3.63) is 109 Å². The van der Waals surface area contributed by atoms with Crippen molar-refractivity contribution in [2.75, 3.05) is 13.2 Å². The number of esters is 3. The van der Waals surface area contributed by atoms with Crippen LogP contribution in [0.4, 0.5) is 0 Å². The van der Waals surface area contributed by atoms with E-state index in [9.17, 15) is 14.4 Å². The van der Waals surface area contributed by atoms with Gasteiger partial charge in [0.2, 0.25) is 0 Å². The maximum atomic E-state index is 12.9. The van der Waals surface area contributed by atoms with Crippen molar-refractivity contribution in [1.82, 2.24) is 0 Å². The Hall–Kier alpha value is -3.93. The second-order valence-corrected chi connectivity index (χ2v) is 22.7. The lowest BCUT2D eigenvalue weighted by atomic mass is 10.0. The third-order valence-corrected chi connectivity index (χ3v) is 14.7. The van der Waals surface area contributed by atoms with Crippen LogP contribution in [0.2, 0.25) is 0 Å². The summed E-state index contributed by atoms with van der Waals surface area (Å²) in [7, 11) is 0. The predicted molar refractivity (Wildman–Crippen MR) is 353 cm³/mol. The van der Waals surface area contributed by atoms with Gasteiger partial charge in [0.15, 0.2) is 6.10 Å². The van der Waals surface area contributed by atoms with Crippen molar-refractivity contribution in [3.8, 4) is 0 Å². The molecular formula is C75H128O6. The van der Waals surface area contributed by atoms with Crippen LogP contribution in [-0.4, -0.2) is 37.2 Å². The van der Waals surface area contributed by atoms with Crippen LogP contribution >= 0.6 is 0 Å². The molecule has 0 saturated carbocycles. The van der Waals surface area contributed by atoms with Crippen LogP contribution in [0.1, 0.15) is 329 Å². The van der Waals surface area contributed by atoms with Gasteiger partial charge in [0.25, 0.3) is 0 Å². The Morgan fingerprint density at radius 2 is 0.481 bits per heavy atom. The number of carbonyl (C=O) groups is 3. The molecule has 464 valence electrons. The van der Waals surface area contributed by atoms with Crippen LogP contribution in [-0.2, 0) is 28.6 Å². The van der Waals surface area contributed by atoms with Crippen LogP contribution in [0, 0.1) is 0 Å². The largest absolute Gasteiger partial charge is 0.462 e. The van der Waals surface area contributed by atoms with Crippen LogP contribution in [0.3, 0.4) is 0 Å². The molecule has 6 heteroatoms. The average Bonchev–Trinajstić information content (AvgIpc) is 3.47. The van der Waals surface area contributed by atoms with Crippen LogP contribution in [0.5, 0.6) is 0 Å². The first-order valence-corrected chi connectivity index (χ1v) is 34.4. The molecule has 0 spiro atoms. The molecule has 0 N–H and O–H groups in total. The lowest BCUT2D eigenvalue weighted by Crippen LogP contribution is -2.30. The van der Waals surface area contributed by atoms with Crippen LogP contribution in [0.15, 0.2) is 109 Å². The fourth-order valence-electron chi connectivity index (χ4n) is 9.59. The van der Waals surface area contributed by atoms with Gasteiger partial charge in [-0.2, -0.15) is 0 Å². The number of ether oxygens (including phenoxy) is 3. The normalized spacial score (nSPS) is 12.8. The highest BCUT2D eigenvalue weighted by molar-refractivity contribution is 5.71. The number of allylic oxidation sites excluding steroid dienone is 18. The Morgan fingerprint density at radius 3 is 0.778 bits per heavy atom. The van der Waals surface area contributed by atoms with Gasteiger partial charge >= 0.3 is 17.9 Å². The molecule has 0 aromatic rings. The standard InChI is InChI=1S/C75H128O6/c1-4-7-10-13-16-19-22-25-28-31-33-35-36-37-38-40-41-44-47-50-53-56-59-62-65-68-74(77)80-71-72(70-79-73(76)67-64-61-58-55-52-49-46-43-30-27-24-21-18-15-12-9-6-3)81-75(78)69-66-63-60-57-54-51-48-45-42-39-34-32-29-26-23-20-17-14-11-8-5-2/h8,11,17-18,20-22,25-27,29-31,33-34,39,45,48,72H,4-7,9-10,12-16,19,23-24,28,32,35-38,40-44,46-47,49-71H2,1-3H3/b11-8-,20-17-,21-18-,25-22-,29-26-,30-27-,33-31-,39-34-,48-45-. The van der Waals surface area contributed by atoms with E-state index in [0.717, 1.165) is 128 Å². The fraction of sp³-hybridized carbons (Fsp3) is 0.720. The lowest BCUT2D eigenvalue weighted by Gasteiger charge is -2.18. The maximum Gasteiger partial charge on any atom is 0.306 e. The number of hydrogen-bond donors (Lipinski definition) is 0. The van der Waals surface area contributed by atoms with Crippen molar-refractivity contribution in [2.45, 2.75) is 335 Å². The molecule has 1 atom stereocenters. The average molecular weight is 1130 g/mol. The highest BCUT2D eigenvalue weighted by atomic mass is 16.6. The first kappa shape index (κ1) is 77.1. The summed E-state index contributed by atoms with van der Waals surface area (Å²) < 4.78 is 17.0. The number of hydrogen-bond acceptors (Lipinski definition) is 6. The molecular weight excluding hydrogens is 997 g/mol. The first-order valence-electron chi connectivity index (χ1n) is 34.4. The third-order valence-electron chi connectivity index (χ3n) is 14.7. The van der Waals surface area contributed by atoms with E-state index < -0.39 is 6.10 Å². The molecule has 0 bridgehead atoms. The molecule has 0 rings (SSSR count). The fourth-order valence-corrected chi connectivity index (χ4v) is 9.59. The quantitative estimate of drug-likeness (QED) is 0.0261. The monoisotopic (exact) mass is 1120 g/mol. The van der Waals surface area contributed by atoms with Gasteiger partial charge in [0.1, 0.15) is 13.2 Å². The molecule has 81 heavy (non-hydrogen) atoms. The third kappa shape index (κ3) is 66.8. The minimum atomic E-state index is -0.796. The molecule has 1 unspecified atom stereocenters. The second kappa shape index (κ2) is 68.6. The van der Waals surface area contributed by atoms with E-state index in [-0.39, 0.29) is 31.1 Å². The lowest BCUT2D eigenvalue weighted by molar-refractivity contribution is -0.167. The Bertz CT molecular complexity index is 1620. The molecule has 0 aromatic heterocycles. The van der Waals surface area contributed by atoms with Gasteiger partial charge in [-0.25, -0.2) is 0 Å². The Balaban J connectivity index is 4.40. The minimum absolute atomic E-state index is 0.0889. The van der Waals surface area contributed by atoms with Gasteiger partial charge in [-0.05, 0) is 128 Å². The highest BCUT2D eigenvalue weighted by Gasteiger charge is 2.19. The van der Waals surface area contributed by atoms with Crippen molar-refractivity contribution < 1.29 is 28.6 Å². The summed E-state index contributed by atoms with van der Waals surface area (Å²) in [6.07, 6.45) is 93.8. The van der Waals surface area contributed by atoms with Gasteiger partial charge in [-0.3, -0.25) is 14.4 Å². The molecule has 0 heterocycles. The summed E-state index contributed by atoms with van der Waals surface area (Å²) in [6.45, 7) is 6.50. The summed E-state index contributed by atoms with van der Waals surface area (Å²) >= 11 is 0. The van der Waals surface area contributed by atoms with E-state index in [1.54, 1.807) is 0 Å². The second-order valence-electron chi connectivity index (χ2n) is 22.7. The summed E-state index contributed by atoms with van der Waals surface area (Å²) in [6, 6.07) is 0. The molecule has 0 aliphatic rings. The summed E-state index contributed by atoms with van der Waals surface area (Å²) in [5, 5.41) is 0. The van der Waals surface area contributed by atoms with E-state index in [4.69, 9.17) is 14.2 Å². The van der Waals surface area contributed by atoms with Crippen LogP contribution < -0.4 is 0 Å². The van der Waals surface area contributed by atoms with Crippen molar-refractivity contribution in [2.24, 2.45) is 0 Å². The highest BCUT2D eigenvalue weighted by Crippen LogP contribution is 2.16. The van der Waals surface area contributed by atoms with Gasteiger partial charge < -0.3 is 14.2 Å². The molecule has 6 nitrogen and oxygen atoms in total. The molecule has 0 amide bonds. The van der Waals surface area contributed by atoms with Crippen molar-refractivity contribution >= 4 is 17.9 Å². The van der Waals surface area contributed by atoms with Gasteiger partial charge in [-0.15, -0.1) is 0 Å². The SMILES string of the molecule is CC/C=C\C/C=C\C/C=C\C/C=C\C/C=C\CCCCCCCC(=O)OC(COC(=O)CCCCCCCCC/C=C\C/C=C\CCCCC)COC(=O)CCCCCCCCCCCCCCC/C=C\C/C=C\CCCCCCC. The molecule has 0 aliphatic heterocycles. The van der Waals surface area contributed by atoms with Gasteiger partial charge in [-0.1, -0.05) is 291 Å². The topological polar surface area (TPSA) is 78.9 Å². The molecule has 0 saturated heterocycles. The summed E-state index contributed by atoms with van der Waals surface area (Å²) in [5.74, 6) is -0.905. The Morgan fingerprint density at radius 1 is 0.259 bits per heavy atom. The van der Waals surface area contributed by atoms with Crippen LogP contribution in [0.25, 0.3) is 0 Å². The zero-order chi connectivity index (χ0) is 58.5. The van der Waals surface area contributed by atoms with E-state index in [1.807, 2.05) is 0 Å². The van der Waals surface area contributed by atoms with Gasteiger partial charge in [0, 0.05) is 19.3 Å². The Kier molecular flexibility index (Phi) is 65.2. The van der Waals surface area contributed by atoms with E-state index >= 15 is 0 Å². The van der Waals surface area contributed by atoms with E-state index in [2.05, 4.69) is 130 Å². The summed E-state index contributed by atoms with van der Waals surface area (Å²) in [5.41, 5.74) is 0. The Labute approximate surface area is 501 Å².